The van der Waals surface area contributed by atoms with E-state index in [-0.39, 0.29) is 17.8 Å². The lowest BCUT2D eigenvalue weighted by Crippen LogP contribution is -2.41. The Morgan fingerprint density at radius 2 is 1.80 bits per heavy atom. The summed E-state index contributed by atoms with van der Waals surface area (Å²) >= 11 is 0. The van der Waals surface area contributed by atoms with Crippen molar-refractivity contribution >= 4 is 6.09 Å². The van der Waals surface area contributed by atoms with Crippen LogP contribution in [-0.2, 0) is 4.74 Å². The Kier molecular flexibility index (Phi) is 9.43. The monoisotopic (exact) mass is 486 g/mol. The van der Waals surface area contributed by atoms with Crippen LogP contribution in [0.1, 0.15) is 72.3 Å². The number of carbonyl (C=O) groups excluding carboxylic acids is 1. The van der Waals surface area contributed by atoms with Gasteiger partial charge in [0.25, 0.3) is 0 Å². The van der Waals surface area contributed by atoms with Gasteiger partial charge in [-0.3, -0.25) is 9.13 Å². The molecule has 1 N–H and O–H groups in total. The largest absolute Gasteiger partial charge is 0.494 e. The van der Waals surface area contributed by atoms with Crippen molar-refractivity contribution in [3.8, 4) is 11.4 Å². The lowest BCUT2D eigenvalue weighted by atomic mass is 9.91. The molecule has 0 saturated heterocycles. The van der Waals surface area contributed by atoms with E-state index in [4.69, 9.17) is 9.47 Å². The average Bonchev–Trinajstić information content (AvgIpc) is 3.20. The van der Waals surface area contributed by atoms with Crippen LogP contribution in [0.2, 0.25) is 0 Å². The molecule has 8 nitrogen and oxygen atoms in total. The van der Waals surface area contributed by atoms with E-state index in [1.807, 2.05) is 62.0 Å². The third-order valence-corrected chi connectivity index (χ3v) is 6.36. The fraction of sp³-hybridized carbons (Fsp3) is 0.630. The molecule has 0 spiro atoms. The lowest BCUT2D eigenvalue weighted by Gasteiger charge is -2.30. The summed E-state index contributed by atoms with van der Waals surface area (Å²) in [6.07, 6.45) is 9.50. The van der Waals surface area contributed by atoms with Crippen LogP contribution in [0.25, 0.3) is 5.69 Å². The molecular formula is C27H42N4O4. The fourth-order valence-corrected chi connectivity index (χ4v) is 4.33. The van der Waals surface area contributed by atoms with Gasteiger partial charge in [0.15, 0.2) is 0 Å². The first kappa shape index (κ1) is 26.9. The molecule has 0 unspecified atom stereocenters. The van der Waals surface area contributed by atoms with Gasteiger partial charge in [0.1, 0.15) is 11.4 Å². The number of likely N-dealkylation sites (N-methyl/N-ethyl adjacent to an activating group) is 1. The van der Waals surface area contributed by atoms with Crippen LogP contribution in [0.15, 0.2) is 41.5 Å². The number of nitrogens with one attached hydrogen (secondary N) is 1. The molecule has 1 aliphatic carbocycles. The van der Waals surface area contributed by atoms with E-state index >= 15 is 0 Å². The van der Waals surface area contributed by atoms with Crippen molar-refractivity contribution in [2.75, 3.05) is 26.7 Å². The molecule has 1 fully saturated rings. The highest BCUT2D eigenvalue weighted by atomic mass is 16.6. The standard InChI is InChI=1S/C27H42N4O4/c1-6-7-20-34-24-14-12-23(13-15-24)31-19-18-30(25(31)32)22-10-8-21(9-11-22)28-16-17-29(5)26(33)35-27(2,3)4/h12-15,18-19,21-22,28H,6-11,16-17,20H2,1-5H3. The number of unbranched alkanes of at least 4 members (excludes halogenated alkanes) is 1. The van der Waals surface area contributed by atoms with Gasteiger partial charge in [-0.25, -0.2) is 9.59 Å². The van der Waals surface area contributed by atoms with Crippen molar-refractivity contribution in [2.24, 2.45) is 0 Å². The second-order valence-electron chi connectivity index (χ2n) is 10.4. The third-order valence-electron chi connectivity index (χ3n) is 6.36. The van der Waals surface area contributed by atoms with Gasteiger partial charge in [-0.05, 0) is 77.1 Å². The number of amides is 1. The number of carbonyl (C=O) groups is 1. The van der Waals surface area contributed by atoms with E-state index < -0.39 is 5.60 Å². The minimum atomic E-state index is -0.486. The van der Waals surface area contributed by atoms with E-state index in [0.29, 0.717) is 19.2 Å². The van der Waals surface area contributed by atoms with Gasteiger partial charge >= 0.3 is 11.8 Å². The quantitative estimate of drug-likeness (QED) is 0.490. The SMILES string of the molecule is CCCCOc1ccc(-n2ccn(C3CCC(NCCN(C)C(=O)OC(C)(C)C)CC3)c2=O)cc1. The molecule has 0 aliphatic heterocycles. The molecular weight excluding hydrogens is 444 g/mol. The molecule has 35 heavy (non-hydrogen) atoms. The van der Waals surface area contributed by atoms with Crippen molar-refractivity contribution in [3.05, 3.63) is 47.1 Å². The van der Waals surface area contributed by atoms with Gasteiger partial charge in [0.2, 0.25) is 0 Å². The lowest BCUT2D eigenvalue weighted by molar-refractivity contribution is 0.0298. The minimum absolute atomic E-state index is 0.0000426. The Morgan fingerprint density at radius 3 is 2.43 bits per heavy atom. The highest BCUT2D eigenvalue weighted by Crippen LogP contribution is 2.27. The van der Waals surface area contributed by atoms with Gasteiger partial charge in [-0.1, -0.05) is 13.3 Å². The molecule has 1 aliphatic rings. The summed E-state index contributed by atoms with van der Waals surface area (Å²) in [4.78, 5) is 26.8. The van der Waals surface area contributed by atoms with Crippen LogP contribution in [0.5, 0.6) is 5.75 Å². The van der Waals surface area contributed by atoms with Gasteiger partial charge in [-0.2, -0.15) is 0 Å². The molecule has 8 heteroatoms. The van der Waals surface area contributed by atoms with Crippen LogP contribution >= 0.6 is 0 Å². The Hall–Kier alpha value is -2.74. The van der Waals surface area contributed by atoms with Gasteiger partial charge < -0.3 is 19.7 Å². The normalized spacial score (nSPS) is 18.3. The van der Waals surface area contributed by atoms with Crippen LogP contribution < -0.4 is 15.7 Å². The van der Waals surface area contributed by atoms with Crippen molar-refractivity contribution < 1.29 is 14.3 Å². The maximum atomic E-state index is 13.1. The van der Waals surface area contributed by atoms with E-state index in [0.717, 1.165) is 56.5 Å². The zero-order valence-electron chi connectivity index (χ0n) is 22.0. The van der Waals surface area contributed by atoms with Crippen molar-refractivity contribution in [1.82, 2.24) is 19.4 Å². The third kappa shape index (κ3) is 7.88. The van der Waals surface area contributed by atoms with Crippen LogP contribution in [0.3, 0.4) is 0 Å². The van der Waals surface area contributed by atoms with Gasteiger partial charge in [-0.15, -0.1) is 0 Å². The number of hydrogen-bond donors (Lipinski definition) is 1. The number of ether oxygens (including phenoxy) is 2. The van der Waals surface area contributed by atoms with Gasteiger partial charge in [0.05, 0.1) is 12.3 Å². The first-order chi connectivity index (χ1) is 16.7. The Morgan fingerprint density at radius 1 is 1.11 bits per heavy atom. The van der Waals surface area contributed by atoms with Crippen molar-refractivity contribution in [3.63, 3.8) is 0 Å². The molecule has 194 valence electrons. The predicted octanol–water partition coefficient (Wildman–Crippen LogP) is 4.76. The molecule has 3 rings (SSSR count). The first-order valence-corrected chi connectivity index (χ1v) is 12.9. The summed E-state index contributed by atoms with van der Waals surface area (Å²) < 4.78 is 14.7. The van der Waals surface area contributed by atoms with Crippen molar-refractivity contribution in [1.29, 1.82) is 0 Å². The number of benzene rings is 1. The maximum Gasteiger partial charge on any atom is 0.410 e. The van der Waals surface area contributed by atoms with E-state index in [1.165, 1.54) is 0 Å². The molecule has 0 atom stereocenters. The summed E-state index contributed by atoms with van der Waals surface area (Å²) in [5, 5.41) is 3.56. The Bertz CT molecular complexity index is 982. The van der Waals surface area contributed by atoms with Crippen LogP contribution in [0.4, 0.5) is 4.79 Å². The van der Waals surface area contributed by atoms with Gasteiger partial charge in [0, 0.05) is 44.6 Å². The zero-order valence-corrected chi connectivity index (χ0v) is 22.0. The number of aromatic nitrogens is 2. The second-order valence-corrected chi connectivity index (χ2v) is 10.4. The number of nitrogens with zero attached hydrogens (tertiary/aromatic N) is 3. The highest BCUT2D eigenvalue weighted by Gasteiger charge is 2.24. The number of rotatable bonds is 10. The smallest absolute Gasteiger partial charge is 0.410 e. The number of hydrogen-bond acceptors (Lipinski definition) is 5. The summed E-state index contributed by atoms with van der Waals surface area (Å²) in [5.41, 5.74) is 0.362. The van der Waals surface area contributed by atoms with Crippen molar-refractivity contribution in [2.45, 2.75) is 83.9 Å². The predicted molar refractivity (Wildman–Crippen MR) is 139 cm³/mol. The Labute approximate surface area is 209 Å². The van der Waals surface area contributed by atoms with Crippen LogP contribution in [0, 0.1) is 0 Å². The fourth-order valence-electron chi connectivity index (χ4n) is 4.33. The zero-order chi connectivity index (χ0) is 25.4. The molecule has 1 aromatic carbocycles. The molecule has 1 saturated carbocycles. The van der Waals surface area contributed by atoms with Crippen LogP contribution in [-0.4, -0.2) is 58.5 Å². The maximum absolute atomic E-state index is 13.1. The summed E-state index contributed by atoms with van der Waals surface area (Å²) in [5.74, 6) is 0.831. The minimum Gasteiger partial charge on any atom is -0.494 e. The van der Waals surface area contributed by atoms with E-state index in [1.54, 1.807) is 16.5 Å². The Balaban J connectivity index is 1.46. The first-order valence-electron chi connectivity index (χ1n) is 12.9. The summed E-state index contributed by atoms with van der Waals surface area (Å²) in [7, 11) is 1.76. The van der Waals surface area contributed by atoms with E-state index in [2.05, 4.69) is 12.2 Å². The average molecular weight is 487 g/mol. The van der Waals surface area contributed by atoms with E-state index in [9.17, 15) is 9.59 Å². The molecule has 0 bridgehead atoms. The molecule has 2 aromatic rings. The second kappa shape index (κ2) is 12.3. The molecule has 1 aromatic heterocycles. The summed E-state index contributed by atoms with van der Waals surface area (Å²) in [6.45, 7) is 9.78. The molecule has 1 heterocycles. The molecule has 1 amide bonds. The molecule has 0 radical (unpaired) electrons. The number of imidazole rings is 1. The highest BCUT2D eigenvalue weighted by molar-refractivity contribution is 5.67. The summed E-state index contributed by atoms with van der Waals surface area (Å²) in [6, 6.07) is 8.32. The topological polar surface area (TPSA) is 77.7 Å².